The Morgan fingerprint density at radius 2 is 1.89 bits per heavy atom. The number of fused-ring (bicyclic) bond motifs is 1. The van der Waals surface area contributed by atoms with Crippen molar-refractivity contribution in [2.24, 2.45) is 0 Å². The first-order valence-electron chi connectivity index (χ1n) is 9.25. The van der Waals surface area contributed by atoms with Gasteiger partial charge in [-0.2, -0.15) is 0 Å². The largest absolute Gasteiger partial charge is 0.348 e. The van der Waals surface area contributed by atoms with Gasteiger partial charge >= 0.3 is 0 Å². The number of aromatic nitrogens is 1. The molecule has 28 heavy (non-hydrogen) atoms. The van der Waals surface area contributed by atoms with Crippen LogP contribution in [0.25, 0.3) is 10.6 Å². The molecule has 0 bridgehead atoms. The topological polar surface area (TPSA) is 71.1 Å². The molecule has 1 aliphatic heterocycles. The van der Waals surface area contributed by atoms with Gasteiger partial charge in [-0.15, -0.1) is 11.3 Å². The lowest BCUT2D eigenvalue weighted by Gasteiger charge is -2.26. The van der Waals surface area contributed by atoms with Crippen LogP contribution in [0.5, 0.6) is 0 Å². The number of nitrogens with one attached hydrogen (secondary N) is 2. The zero-order valence-corrected chi connectivity index (χ0v) is 16.5. The minimum atomic E-state index is -0.478. The van der Waals surface area contributed by atoms with Crippen molar-refractivity contribution in [1.82, 2.24) is 10.3 Å². The molecule has 2 heterocycles. The molecule has 2 aromatic carbocycles. The Kier molecular flexibility index (Phi) is 4.96. The number of rotatable bonds is 4. The summed E-state index contributed by atoms with van der Waals surface area (Å²) in [7, 11) is 0. The number of carbonyl (C=O) groups is 2. The minimum absolute atomic E-state index is 0.133. The smallest absolute Gasteiger partial charge is 0.228 e. The van der Waals surface area contributed by atoms with E-state index in [1.165, 1.54) is 0 Å². The van der Waals surface area contributed by atoms with Crippen LogP contribution in [0.1, 0.15) is 41.4 Å². The van der Waals surface area contributed by atoms with E-state index in [1.807, 2.05) is 68.4 Å². The Morgan fingerprint density at radius 3 is 2.68 bits per heavy atom. The maximum absolute atomic E-state index is 13.0. The Hall–Kier alpha value is -2.99. The van der Waals surface area contributed by atoms with Crippen molar-refractivity contribution in [3.63, 3.8) is 0 Å². The third kappa shape index (κ3) is 3.55. The SMILES string of the molecule is Cc1nc(-c2ccccc2)sc1C(C)NC(=O)C1CC(=O)Nc2ccccc21. The Labute approximate surface area is 167 Å². The highest BCUT2D eigenvalue weighted by atomic mass is 32.1. The molecular weight excluding hydrogens is 370 g/mol. The molecule has 6 heteroatoms. The molecule has 4 rings (SSSR count). The molecule has 0 radical (unpaired) electrons. The average molecular weight is 391 g/mol. The molecule has 2 N–H and O–H groups in total. The zero-order valence-electron chi connectivity index (χ0n) is 15.7. The average Bonchev–Trinajstić information content (AvgIpc) is 3.09. The van der Waals surface area contributed by atoms with Crippen LogP contribution in [-0.4, -0.2) is 16.8 Å². The number of para-hydroxylation sites is 1. The molecule has 2 unspecified atom stereocenters. The van der Waals surface area contributed by atoms with Crippen molar-refractivity contribution in [3.8, 4) is 10.6 Å². The van der Waals surface area contributed by atoms with Gasteiger partial charge in [-0.3, -0.25) is 9.59 Å². The number of hydrogen-bond acceptors (Lipinski definition) is 4. The fourth-order valence-electron chi connectivity index (χ4n) is 3.54. The Morgan fingerprint density at radius 1 is 1.18 bits per heavy atom. The van der Waals surface area contributed by atoms with E-state index >= 15 is 0 Å². The summed E-state index contributed by atoms with van der Waals surface area (Å²) in [6, 6.07) is 17.3. The number of thiazole rings is 1. The van der Waals surface area contributed by atoms with E-state index in [-0.39, 0.29) is 24.3 Å². The second kappa shape index (κ2) is 7.56. The molecule has 2 atom stereocenters. The summed E-state index contributed by atoms with van der Waals surface area (Å²) in [5.74, 6) is -0.745. The summed E-state index contributed by atoms with van der Waals surface area (Å²) in [4.78, 5) is 30.7. The van der Waals surface area contributed by atoms with E-state index in [2.05, 4.69) is 15.6 Å². The summed E-state index contributed by atoms with van der Waals surface area (Å²) < 4.78 is 0. The Balaban J connectivity index is 1.54. The minimum Gasteiger partial charge on any atom is -0.348 e. The first kappa shape index (κ1) is 18.4. The number of carbonyl (C=O) groups excluding carboxylic acids is 2. The molecule has 0 aliphatic carbocycles. The highest BCUT2D eigenvalue weighted by molar-refractivity contribution is 7.15. The van der Waals surface area contributed by atoms with Gasteiger partial charge in [0.2, 0.25) is 11.8 Å². The molecule has 5 nitrogen and oxygen atoms in total. The summed E-state index contributed by atoms with van der Waals surface area (Å²) in [6.07, 6.45) is 0.159. The molecule has 0 spiro atoms. The lowest BCUT2D eigenvalue weighted by Crippen LogP contribution is -2.36. The van der Waals surface area contributed by atoms with E-state index in [9.17, 15) is 9.59 Å². The highest BCUT2D eigenvalue weighted by Gasteiger charge is 2.31. The monoisotopic (exact) mass is 391 g/mol. The number of aryl methyl sites for hydroxylation is 1. The third-order valence-electron chi connectivity index (χ3n) is 4.92. The second-order valence-electron chi connectivity index (χ2n) is 6.96. The van der Waals surface area contributed by atoms with Crippen LogP contribution in [0.2, 0.25) is 0 Å². The summed E-state index contributed by atoms with van der Waals surface area (Å²) in [6.45, 7) is 3.92. The number of benzene rings is 2. The van der Waals surface area contributed by atoms with Gasteiger partial charge in [-0.05, 0) is 25.5 Å². The number of nitrogens with zero attached hydrogens (tertiary/aromatic N) is 1. The van der Waals surface area contributed by atoms with Gasteiger partial charge in [-0.25, -0.2) is 4.98 Å². The lowest BCUT2D eigenvalue weighted by molar-refractivity contribution is -0.126. The van der Waals surface area contributed by atoms with Crippen molar-refractivity contribution in [2.45, 2.75) is 32.2 Å². The first-order chi connectivity index (χ1) is 13.5. The molecule has 0 saturated heterocycles. The first-order valence-corrected chi connectivity index (χ1v) is 10.1. The van der Waals surface area contributed by atoms with Crippen LogP contribution in [0.3, 0.4) is 0 Å². The summed E-state index contributed by atoms with van der Waals surface area (Å²) >= 11 is 1.59. The van der Waals surface area contributed by atoms with Gasteiger partial charge in [-0.1, -0.05) is 48.5 Å². The van der Waals surface area contributed by atoms with E-state index in [0.717, 1.165) is 26.7 Å². The predicted octanol–water partition coefficient (Wildman–Crippen LogP) is 4.42. The van der Waals surface area contributed by atoms with Crippen molar-refractivity contribution in [2.75, 3.05) is 5.32 Å². The van der Waals surface area contributed by atoms with Gasteiger partial charge in [0.05, 0.1) is 22.5 Å². The van der Waals surface area contributed by atoms with E-state index in [1.54, 1.807) is 11.3 Å². The molecule has 0 saturated carbocycles. The number of amides is 2. The summed E-state index contributed by atoms with van der Waals surface area (Å²) in [5.41, 5.74) is 3.56. The van der Waals surface area contributed by atoms with E-state index < -0.39 is 5.92 Å². The van der Waals surface area contributed by atoms with Crippen LogP contribution >= 0.6 is 11.3 Å². The summed E-state index contributed by atoms with van der Waals surface area (Å²) in [5, 5.41) is 6.86. The van der Waals surface area contributed by atoms with Gasteiger partial charge in [0.25, 0.3) is 0 Å². The van der Waals surface area contributed by atoms with Crippen molar-refractivity contribution in [3.05, 3.63) is 70.7 Å². The van der Waals surface area contributed by atoms with Gasteiger partial charge < -0.3 is 10.6 Å². The van der Waals surface area contributed by atoms with Crippen LogP contribution in [0.4, 0.5) is 5.69 Å². The zero-order chi connectivity index (χ0) is 19.7. The molecule has 0 fully saturated rings. The van der Waals surface area contributed by atoms with Gasteiger partial charge in [0.15, 0.2) is 0 Å². The molecular formula is C22H21N3O2S. The van der Waals surface area contributed by atoms with Crippen molar-refractivity contribution >= 4 is 28.8 Å². The highest BCUT2D eigenvalue weighted by Crippen LogP contribution is 2.34. The molecule has 1 aromatic heterocycles. The fourth-order valence-corrected chi connectivity index (χ4v) is 4.61. The normalized spacial score (nSPS) is 16.8. The maximum Gasteiger partial charge on any atom is 0.228 e. The number of anilines is 1. The predicted molar refractivity (Wildman–Crippen MR) is 111 cm³/mol. The maximum atomic E-state index is 13.0. The van der Waals surface area contributed by atoms with Crippen molar-refractivity contribution in [1.29, 1.82) is 0 Å². The quantitative estimate of drug-likeness (QED) is 0.691. The third-order valence-corrected chi connectivity index (χ3v) is 6.31. The molecule has 3 aromatic rings. The Bertz CT molecular complexity index is 1030. The molecule has 1 aliphatic rings. The van der Waals surface area contributed by atoms with Crippen LogP contribution in [0.15, 0.2) is 54.6 Å². The van der Waals surface area contributed by atoms with Crippen molar-refractivity contribution < 1.29 is 9.59 Å². The fraction of sp³-hybridized carbons (Fsp3) is 0.227. The van der Waals surface area contributed by atoms with Crippen LogP contribution in [0, 0.1) is 6.92 Å². The van der Waals surface area contributed by atoms with Crippen LogP contribution < -0.4 is 10.6 Å². The van der Waals surface area contributed by atoms with E-state index in [0.29, 0.717) is 5.69 Å². The van der Waals surface area contributed by atoms with Crippen LogP contribution in [-0.2, 0) is 9.59 Å². The molecule has 142 valence electrons. The van der Waals surface area contributed by atoms with Gasteiger partial charge in [0, 0.05) is 17.7 Å². The van der Waals surface area contributed by atoms with Gasteiger partial charge in [0.1, 0.15) is 5.01 Å². The lowest BCUT2D eigenvalue weighted by atomic mass is 9.89. The standard InChI is InChI=1S/C22H21N3O2S/c1-13(20-14(2)24-22(28-20)15-8-4-3-5-9-15)23-21(27)17-12-19(26)25-18-11-7-6-10-16(17)18/h3-11,13,17H,12H2,1-2H3,(H,23,27)(H,25,26). The van der Waals surface area contributed by atoms with E-state index in [4.69, 9.17) is 0 Å². The number of hydrogen-bond donors (Lipinski definition) is 2. The molecule has 2 amide bonds. The second-order valence-corrected chi connectivity index (χ2v) is 7.99.